The van der Waals surface area contributed by atoms with Crippen molar-refractivity contribution < 1.29 is 23.5 Å². The monoisotopic (exact) mass is 397 g/mol. The minimum absolute atomic E-state index is 0.170. The highest BCUT2D eigenvalue weighted by Gasteiger charge is 2.11. The summed E-state index contributed by atoms with van der Waals surface area (Å²) in [5, 5.41) is 7.13. The lowest BCUT2D eigenvalue weighted by molar-refractivity contribution is 0.0600. The van der Waals surface area contributed by atoms with Crippen LogP contribution in [0, 0.1) is 6.92 Å². The number of rotatable bonds is 9. The first-order valence-electron chi connectivity index (χ1n) is 9.23. The van der Waals surface area contributed by atoms with Crippen molar-refractivity contribution in [1.29, 1.82) is 0 Å². The molecular formula is C21H23N3O5. The van der Waals surface area contributed by atoms with Gasteiger partial charge in [0.2, 0.25) is 0 Å². The van der Waals surface area contributed by atoms with E-state index in [0.717, 1.165) is 18.7 Å². The molecule has 2 heterocycles. The highest BCUT2D eigenvalue weighted by atomic mass is 16.5. The smallest absolute Gasteiger partial charge is 0.337 e. The Bertz CT molecular complexity index is 959. The van der Waals surface area contributed by atoms with Gasteiger partial charge >= 0.3 is 5.97 Å². The summed E-state index contributed by atoms with van der Waals surface area (Å²) in [4.78, 5) is 23.6. The Morgan fingerprint density at radius 3 is 2.62 bits per heavy atom. The molecule has 0 aliphatic rings. The summed E-state index contributed by atoms with van der Waals surface area (Å²) >= 11 is 0. The van der Waals surface area contributed by atoms with Crippen LogP contribution in [0.5, 0.6) is 5.75 Å². The Kier molecular flexibility index (Phi) is 6.67. The van der Waals surface area contributed by atoms with Crippen molar-refractivity contribution in [3.63, 3.8) is 0 Å². The fourth-order valence-corrected chi connectivity index (χ4v) is 2.65. The molecule has 0 spiro atoms. The number of carbonyl (C=O) groups is 2. The minimum Gasteiger partial charge on any atom is -0.486 e. The second-order valence-electron chi connectivity index (χ2n) is 6.40. The largest absolute Gasteiger partial charge is 0.486 e. The van der Waals surface area contributed by atoms with Crippen molar-refractivity contribution >= 4 is 11.9 Å². The lowest BCUT2D eigenvalue weighted by atomic mass is 10.2. The number of furan rings is 1. The van der Waals surface area contributed by atoms with Crippen LogP contribution in [0.3, 0.4) is 0 Å². The van der Waals surface area contributed by atoms with Crippen LogP contribution < -0.4 is 10.1 Å². The van der Waals surface area contributed by atoms with Gasteiger partial charge in [-0.15, -0.1) is 0 Å². The second-order valence-corrected chi connectivity index (χ2v) is 6.40. The van der Waals surface area contributed by atoms with Crippen molar-refractivity contribution in [3.05, 3.63) is 71.4 Å². The molecular weight excluding hydrogens is 374 g/mol. The molecule has 0 fully saturated rings. The first kappa shape index (κ1) is 20.2. The van der Waals surface area contributed by atoms with Crippen LogP contribution in [0.4, 0.5) is 0 Å². The van der Waals surface area contributed by atoms with Crippen LogP contribution in [-0.4, -0.2) is 35.3 Å². The summed E-state index contributed by atoms with van der Waals surface area (Å²) in [5.41, 5.74) is 1.42. The first-order chi connectivity index (χ1) is 14.0. The molecule has 0 unspecified atom stereocenters. The number of aryl methyl sites for hydroxylation is 2. The highest BCUT2D eigenvalue weighted by molar-refractivity contribution is 5.91. The molecule has 0 aliphatic heterocycles. The fraction of sp³-hybridized carbons (Fsp3) is 0.286. The number of benzene rings is 1. The molecule has 0 aliphatic carbocycles. The topological polar surface area (TPSA) is 95.6 Å². The average molecular weight is 397 g/mol. The van der Waals surface area contributed by atoms with E-state index in [1.807, 2.05) is 23.9 Å². The van der Waals surface area contributed by atoms with Crippen LogP contribution in [0.15, 0.2) is 53.1 Å². The van der Waals surface area contributed by atoms with Crippen LogP contribution in [0.2, 0.25) is 0 Å². The Hall–Kier alpha value is -3.55. The summed E-state index contributed by atoms with van der Waals surface area (Å²) in [6.07, 6.45) is 2.68. The van der Waals surface area contributed by atoms with E-state index in [-0.39, 0.29) is 18.3 Å². The van der Waals surface area contributed by atoms with Gasteiger partial charge in [0, 0.05) is 19.3 Å². The average Bonchev–Trinajstić information content (AvgIpc) is 3.38. The van der Waals surface area contributed by atoms with E-state index in [2.05, 4.69) is 15.2 Å². The third-order valence-corrected chi connectivity index (χ3v) is 4.17. The van der Waals surface area contributed by atoms with Gasteiger partial charge in [0.25, 0.3) is 5.91 Å². The summed E-state index contributed by atoms with van der Waals surface area (Å²) in [5.74, 6) is 0.668. The van der Waals surface area contributed by atoms with E-state index < -0.39 is 5.97 Å². The molecule has 8 heteroatoms. The van der Waals surface area contributed by atoms with Gasteiger partial charge in [-0.05, 0) is 55.8 Å². The molecule has 29 heavy (non-hydrogen) atoms. The minimum atomic E-state index is -0.405. The Morgan fingerprint density at radius 2 is 1.93 bits per heavy atom. The zero-order valence-corrected chi connectivity index (χ0v) is 16.4. The third kappa shape index (κ3) is 5.71. The van der Waals surface area contributed by atoms with E-state index in [0.29, 0.717) is 23.6 Å². The number of carbonyl (C=O) groups excluding carboxylic acids is 2. The molecule has 0 saturated carbocycles. The molecule has 2 aromatic heterocycles. The Labute approximate surface area is 168 Å². The van der Waals surface area contributed by atoms with Gasteiger partial charge < -0.3 is 19.2 Å². The summed E-state index contributed by atoms with van der Waals surface area (Å²) in [7, 11) is 1.33. The predicted octanol–water partition coefficient (Wildman–Crippen LogP) is 2.97. The third-order valence-electron chi connectivity index (χ3n) is 4.17. The normalized spacial score (nSPS) is 10.6. The number of esters is 1. The lowest BCUT2D eigenvalue weighted by Gasteiger charge is -2.05. The summed E-state index contributed by atoms with van der Waals surface area (Å²) in [6, 6.07) is 11.8. The lowest BCUT2D eigenvalue weighted by Crippen LogP contribution is -2.24. The molecule has 1 aromatic carbocycles. The van der Waals surface area contributed by atoms with E-state index in [9.17, 15) is 9.59 Å². The van der Waals surface area contributed by atoms with Gasteiger partial charge in [-0.2, -0.15) is 5.10 Å². The highest BCUT2D eigenvalue weighted by Crippen LogP contribution is 2.16. The maximum atomic E-state index is 12.2. The van der Waals surface area contributed by atoms with Gasteiger partial charge in [-0.1, -0.05) is 0 Å². The fourth-order valence-electron chi connectivity index (χ4n) is 2.65. The number of hydrogen-bond donors (Lipinski definition) is 1. The van der Waals surface area contributed by atoms with Crippen molar-refractivity contribution in [2.75, 3.05) is 13.7 Å². The van der Waals surface area contributed by atoms with Crippen LogP contribution in [0.1, 0.15) is 38.8 Å². The maximum Gasteiger partial charge on any atom is 0.337 e. The molecule has 1 N–H and O–H groups in total. The van der Waals surface area contributed by atoms with Crippen molar-refractivity contribution in [2.24, 2.45) is 0 Å². The molecule has 1 amide bonds. The zero-order valence-electron chi connectivity index (χ0n) is 16.4. The molecule has 3 rings (SSSR count). The first-order valence-corrected chi connectivity index (χ1v) is 9.23. The van der Waals surface area contributed by atoms with Crippen LogP contribution in [-0.2, 0) is 17.9 Å². The molecule has 8 nitrogen and oxygen atoms in total. The van der Waals surface area contributed by atoms with Gasteiger partial charge in [0.05, 0.1) is 18.4 Å². The molecule has 152 valence electrons. The number of ether oxygens (including phenoxy) is 2. The molecule has 3 aromatic rings. The van der Waals surface area contributed by atoms with E-state index in [4.69, 9.17) is 9.15 Å². The number of nitrogens with one attached hydrogen (secondary N) is 1. The van der Waals surface area contributed by atoms with Crippen LogP contribution in [0.25, 0.3) is 0 Å². The Balaban J connectivity index is 1.42. The molecule has 0 bridgehead atoms. The van der Waals surface area contributed by atoms with Gasteiger partial charge in [-0.25, -0.2) is 4.79 Å². The van der Waals surface area contributed by atoms with Gasteiger partial charge in [0.15, 0.2) is 5.76 Å². The van der Waals surface area contributed by atoms with E-state index >= 15 is 0 Å². The van der Waals surface area contributed by atoms with Crippen molar-refractivity contribution in [1.82, 2.24) is 15.1 Å². The molecule has 0 saturated heterocycles. The van der Waals surface area contributed by atoms with Crippen LogP contribution >= 0.6 is 0 Å². The number of nitrogens with zero attached hydrogens (tertiary/aromatic N) is 2. The van der Waals surface area contributed by atoms with Crippen molar-refractivity contribution in [2.45, 2.75) is 26.5 Å². The standard InChI is InChI=1S/C21H23N3O5/c1-15-10-13-24(23-15)12-3-11-22-20(25)19-9-8-18(29-19)14-28-17-6-4-16(5-7-17)21(26)27-2/h4-10,13H,3,11-12,14H2,1-2H3,(H,22,25). The number of amides is 1. The second kappa shape index (κ2) is 9.59. The zero-order chi connectivity index (χ0) is 20.6. The summed E-state index contributed by atoms with van der Waals surface area (Å²) < 4.78 is 17.7. The molecule has 0 radical (unpaired) electrons. The quantitative estimate of drug-likeness (QED) is 0.441. The van der Waals surface area contributed by atoms with Gasteiger partial charge in [-0.3, -0.25) is 9.48 Å². The SMILES string of the molecule is COC(=O)c1ccc(OCc2ccc(C(=O)NCCCn3ccc(C)n3)o2)cc1. The molecule has 0 atom stereocenters. The summed E-state index contributed by atoms with van der Waals surface area (Å²) in [6.45, 7) is 3.37. The predicted molar refractivity (Wildman–Crippen MR) is 105 cm³/mol. The Morgan fingerprint density at radius 1 is 1.14 bits per heavy atom. The number of methoxy groups -OCH3 is 1. The van der Waals surface area contributed by atoms with E-state index in [1.165, 1.54) is 7.11 Å². The maximum absolute atomic E-state index is 12.2. The van der Waals surface area contributed by atoms with Gasteiger partial charge in [0.1, 0.15) is 18.1 Å². The number of aromatic nitrogens is 2. The number of hydrogen-bond acceptors (Lipinski definition) is 6. The van der Waals surface area contributed by atoms with Crippen molar-refractivity contribution in [3.8, 4) is 5.75 Å². The van der Waals surface area contributed by atoms with E-state index in [1.54, 1.807) is 36.4 Å².